The lowest BCUT2D eigenvalue weighted by Gasteiger charge is -2.13. The lowest BCUT2D eigenvalue weighted by atomic mass is 10.1. The van der Waals surface area contributed by atoms with Crippen molar-refractivity contribution in [2.24, 2.45) is 11.7 Å². The smallest absolute Gasteiger partial charge is 0.0802 e. The van der Waals surface area contributed by atoms with Crippen LogP contribution in [0.25, 0.3) is 0 Å². The predicted molar refractivity (Wildman–Crippen MR) is 79.9 cm³/mol. The molecule has 0 aromatic heterocycles. The van der Waals surface area contributed by atoms with Gasteiger partial charge in [0.15, 0.2) is 0 Å². The van der Waals surface area contributed by atoms with Crippen molar-refractivity contribution in [1.82, 2.24) is 0 Å². The van der Waals surface area contributed by atoms with E-state index < -0.39 is 6.10 Å². The van der Waals surface area contributed by atoms with E-state index in [2.05, 4.69) is 26.0 Å². The molecule has 0 radical (unpaired) electrons. The normalized spacial score (nSPS) is 12.9. The first kappa shape index (κ1) is 15.5. The molecule has 0 fully saturated rings. The van der Waals surface area contributed by atoms with Crippen LogP contribution < -0.4 is 5.73 Å². The van der Waals surface area contributed by atoms with E-state index in [0.717, 1.165) is 17.2 Å². The molecule has 1 atom stereocenters. The Balaban J connectivity index is 2.59. The highest BCUT2D eigenvalue weighted by Crippen LogP contribution is 2.26. The summed E-state index contributed by atoms with van der Waals surface area (Å²) in [5.74, 6) is 1.94. The molecule has 0 aliphatic carbocycles. The highest BCUT2D eigenvalue weighted by atomic mass is 32.2. The molecule has 102 valence electrons. The Morgan fingerprint density at radius 2 is 2.00 bits per heavy atom. The second kappa shape index (κ2) is 8.57. The van der Waals surface area contributed by atoms with E-state index in [1.54, 1.807) is 0 Å². The number of aliphatic hydroxyl groups excluding tert-OH is 1. The zero-order chi connectivity index (χ0) is 13.4. The van der Waals surface area contributed by atoms with Gasteiger partial charge in [-0.25, -0.2) is 0 Å². The highest BCUT2D eigenvalue weighted by Gasteiger charge is 2.08. The molecule has 18 heavy (non-hydrogen) atoms. The van der Waals surface area contributed by atoms with Gasteiger partial charge in [-0.2, -0.15) is 0 Å². The average molecular weight is 267 g/mol. The summed E-state index contributed by atoms with van der Waals surface area (Å²) < 4.78 is 0. The maximum atomic E-state index is 9.93. The standard InChI is InChI=1S/C15H25NOS/c1-3-12(4-2)11-18-14-7-5-6-13(10-14)15(17)8-9-16/h5-7,10,12,15,17H,3-4,8-9,11,16H2,1-2H3. The van der Waals surface area contributed by atoms with E-state index >= 15 is 0 Å². The van der Waals surface area contributed by atoms with E-state index in [1.807, 2.05) is 23.9 Å². The molecule has 1 unspecified atom stereocenters. The van der Waals surface area contributed by atoms with Crippen LogP contribution in [-0.2, 0) is 0 Å². The molecule has 2 nitrogen and oxygen atoms in total. The van der Waals surface area contributed by atoms with Crippen LogP contribution in [-0.4, -0.2) is 17.4 Å². The van der Waals surface area contributed by atoms with Crippen molar-refractivity contribution < 1.29 is 5.11 Å². The molecule has 0 bridgehead atoms. The van der Waals surface area contributed by atoms with Gasteiger partial charge in [-0.1, -0.05) is 38.8 Å². The Bertz CT molecular complexity index is 339. The van der Waals surface area contributed by atoms with Gasteiger partial charge < -0.3 is 10.8 Å². The number of hydrogen-bond donors (Lipinski definition) is 2. The number of thioether (sulfide) groups is 1. The quantitative estimate of drug-likeness (QED) is 0.707. The van der Waals surface area contributed by atoms with E-state index in [9.17, 15) is 5.11 Å². The zero-order valence-corrected chi connectivity index (χ0v) is 12.2. The summed E-state index contributed by atoms with van der Waals surface area (Å²) in [4.78, 5) is 1.25. The fourth-order valence-corrected chi connectivity index (χ4v) is 3.17. The third-order valence-corrected chi connectivity index (χ3v) is 4.55. The molecular formula is C15H25NOS. The highest BCUT2D eigenvalue weighted by molar-refractivity contribution is 7.99. The molecule has 0 aliphatic heterocycles. The first-order valence-corrected chi connectivity index (χ1v) is 7.80. The minimum atomic E-state index is -0.427. The van der Waals surface area contributed by atoms with Gasteiger partial charge >= 0.3 is 0 Å². The molecule has 1 aromatic carbocycles. The van der Waals surface area contributed by atoms with Crippen molar-refractivity contribution in [3.8, 4) is 0 Å². The number of benzene rings is 1. The Hall–Kier alpha value is -0.510. The maximum Gasteiger partial charge on any atom is 0.0802 e. The summed E-state index contributed by atoms with van der Waals surface area (Å²) in [5, 5.41) is 9.93. The minimum Gasteiger partial charge on any atom is -0.388 e. The van der Waals surface area contributed by atoms with Crippen molar-refractivity contribution >= 4 is 11.8 Å². The van der Waals surface area contributed by atoms with Crippen molar-refractivity contribution in [1.29, 1.82) is 0 Å². The fourth-order valence-electron chi connectivity index (χ4n) is 1.87. The van der Waals surface area contributed by atoms with E-state index in [-0.39, 0.29) is 0 Å². The summed E-state index contributed by atoms with van der Waals surface area (Å²) in [6.45, 7) is 5.01. The van der Waals surface area contributed by atoms with Crippen LogP contribution in [0.15, 0.2) is 29.2 Å². The van der Waals surface area contributed by atoms with Gasteiger partial charge in [-0.3, -0.25) is 0 Å². The molecule has 1 aromatic rings. The first-order valence-electron chi connectivity index (χ1n) is 6.82. The van der Waals surface area contributed by atoms with Crippen LogP contribution in [0, 0.1) is 5.92 Å². The van der Waals surface area contributed by atoms with Crippen molar-refractivity contribution in [3.63, 3.8) is 0 Å². The first-order chi connectivity index (χ1) is 8.71. The number of aliphatic hydroxyl groups is 1. The molecular weight excluding hydrogens is 242 g/mol. The molecule has 0 saturated carbocycles. The van der Waals surface area contributed by atoms with Gasteiger partial charge in [0.05, 0.1) is 6.10 Å². The fraction of sp³-hybridized carbons (Fsp3) is 0.600. The molecule has 3 N–H and O–H groups in total. The predicted octanol–water partition coefficient (Wildman–Crippen LogP) is 3.60. The topological polar surface area (TPSA) is 46.2 Å². The molecule has 3 heteroatoms. The SMILES string of the molecule is CCC(CC)CSc1cccc(C(O)CCN)c1. The summed E-state index contributed by atoms with van der Waals surface area (Å²) in [5.41, 5.74) is 6.46. The van der Waals surface area contributed by atoms with Crippen molar-refractivity contribution in [3.05, 3.63) is 29.8 Å². The van der Waals surface area contributed by atoms with E-state index in [0.29, 0.717) is 13.0 Å². The molecule has 0 spiro atoms. The Kier molecular flexibility index (Phi) is 7.40. The van der Waals surface area contributed by atoms with Gasteiger partial charge in [0.25, 0.3) is 0 Å². The number of nitrogens with two attached hydrogens (primary N) is 1. The largest absolute Gasteiger partial charge is 0.388 e. The Labute approximate surface area is 115 Å². The molecule has 0 aliphatic rings. The van der Waals surface area contributed by atoms with Crippen LogP contribution in [0.5, 0.6) is 0 Å². The Morgan fingerprint density at radius 3 is 2.61 bits per heavy atom. The monoisotopic (exact) mass is 267 g/mol. The van der Waals surface area contributed by atoms with Crippen LogP contribution in [0.4, 0.5) is 0 Å². The van der Waals surface area contributed by atoms with Crippen LogP contribution in [0.3, 0.4) is 0 Å². The summed E-state index contributed by atoms with van der Waals surface area (Å²) in [6.07, 6.45) is 2.67. The van der Waals surface area contributed by atoms with Crippen LogP contribution in [0.2, 0.25) is 0 Å². The Morgan fingerprint density at radius 1 is 1.28 bits per heavy atom. The molecule has 0 saturated heterocycles. The summed E-state index contributed by atoms with van der Waals surface area (Å²) >= 11 is 1.88. The third-order valence-electron chi connectivity index (χ3n) is 3.32. The number of rotatable bonds is 8. The second-order valence-electron chi connectivity index (χ2n) is 4.66. The van der Waals surface area contributed by atoms with Gasteiger partial charge in [0.1, 0.15) is 0 Å². The molecule has 0 amide bonds. The second-order valence-corrected chi connectivity index (χ2v) is 5.75. The van der Waals surface area contributed by atoms with Gasteiger partial charge in [0.2, 0.25) is 0 Å². The minimum absolute atomic E-state index is 0.427. The summed E-state index contributed by atoms with van der Waals surface area (Å²) in [7, 11) is 0. The van der Waals surface area contributed by atoms with Crippen LogP contribution in [0.1, 0.15) is 44.8 Å². The van der Waals surface area contributed by atoms with Crippen molar-refractivity contribution in [2.45, 2.75) is 44.1 Å². The average Bonchev–Trinajstić information content (AvgIpc) is 2.40. The van der Waals surface area contributed by atoms with Gasteiger partial charge in [-0.15, -0.1) is 11.8 Å². The lowest BCUT2D eigenvalue weighted by molar-refractivity contribution is 0.170. The van der Waals surface area contributed by atoms with E-state index in [4.69, 9.17) is 5.73 Å². The molecule has 1 rings (SSSR count). The van der Waals surface area contributed by atoms with Gasteiger partial charge in [-0.05, 0) is 36.6 Å². The maximum absolute atomic E-state index is 9.93. The third kappa shape index (κ3) is 5.01. The van der Waals surface area contributed by atoms with Crippen LogP contribution >= 0.6 is 11.8 Å². The summed E-state index contributed by atoms with van der Waals surface area (Å²) in [6, 6.07) is 8.20. The molecule has 0 heterocycles. The lowest BCUT2D eigenvalue weighted by Crippen LogP contribution is -2.06. The van der Waals surface area contributed by atoms with Gasteiger partial charge in [0, 0.05) is 10.6 Å². The van der Waals surface area contributed by atoms with E-state index in [1.165, 1.54) is 17.7 Å². The number of hydrogen-bond acceptors (Lipinski definition) is 3. The van der Waals surface area contributed by atoms with Crippen molar-refractivity contribution in [2.75, 3.05) is 12.3 Å². The zero-order valence-electron chi connectivity index (χ0n) is 11.4.